The summed E-state index contributed by atoms with van der Waals surface area (Å²) in [5.41, 5.74) is 0. The maximum atomic E-state index is 12.7. The molecular weight excluding hydrogens is 352 g/mol. The molecule has 1 rings (SSSR count). The number of benzene rings is 1. The molecule has 0 aliphatic rings. The van der Waals surface area contributed by atoms with Crippen molar-refractivity contribution in [2.24, 2.45) is 5.92 Å². The highest BCUT2D eigenvalue weighted by Gasteiger charge is 2.21. The largest absolute Gasteiger partial charge is 0.423 e. The van der Waals surface area contributed by atoms with Crippen molar-refractivity contribution >= 4 is 11.9 Å². The topological polar surface area (TPSA) is 52.6 Å². The molecule has 4 heteroatoms. The van der Waals surface area contributed by atoms with E-state index in [-0.39, 0.29) is 17.9 Å². The van der Waals surface area contributed by atoms with E-state index in [4.69, 9.17) is 9.47 Å². The minimum Gasteiger partial charge on any atom is -0.423 e. The highest BCUT2D eigenvalue weighted by atomic mass is 16.6. The van der Waals surface area contributed by atoms with E-state index in [0.29, 0.717) is 17.9 Å². The smallest absolute Gasteiger partial charge is 0.314 e. The normalized spacial score (nSPS) is 11.8. The van der Waals surface area contributed by atoms with Crippen molar-refractivity contribution in [3.05, 3.63) is 24.3 Å². The summed E-state index contributed by atoms with van der Waals surface area (Å²) in [6.07, 6.45) is 11.7. The van der Waals surface area contributed by atoms with Gasteiger partial charge in [0.25, 0.3) is 0 Å². The predicted molar refractivity (Wildman–Crippen MR) is 114 cm³/mol. The summed E-state index contributed by atoms with van der Waals surface area (Å²) >= 11 is 0. The van der Waals surface area contributed by atoms with Crippen LogP contribution in [0.25, 0.3) is 0 Å². The first-order chi connectivity index (χ1) is 13.6. The average molecular weight is 391 g/mol. The van der Waals surface area contributed by atoms with E-state index in [2.05, 4.69) is 20.8 Å². The van der Waals surface area contributed by atoms with E-state index in [1.54, 1.807) is 24.3 Å². The average Bonchev–Trinajstić information content (AvgIpc) is 2.69. The Morgan fingerprint density at radius 3 is 1.96 bits per heavy atom. The van der Waals surface area contributed by atoms with Crippen molar-refractivity contribution in [2.75, 3.05) is 0 Å². The zero-order valence-corrected chi connectivity index (χ0v) is 18.0. The zero-order chi connectivity index (χ0) is 20.6. The van der Waals surface area contributed by atoms with Gasteiger partial charge in [-0.05, 0) is 31.4 Å². The molecule has 0 amide bonds. The van der Waals surface area contributed by atoms with Crippen molar-refractivity contribution < 1.29 is 19.1 Å². The molecule has 1 atom stereocenters. The molecule has 1 aromatic rings. The second kappa shape index (κ2) is 15.1. The van der Waals surface area contributed by atoms with Gasteiger partial charge >= 0.3 is 11.9 Å². The molecular formula is C24H38O4. The molecule has 1 unspecified atom stereocenters. The fraction of sp³-hybridized carbons (Fsp3) is 0.667. The molecule has 0 spiro atoms. The highest BCUT2D eigenvalue weighted by Crippen LogP contribution is 2.29. The van der Waals surface area contributed by atoms with E-state index in [1.807, 2.05) is 0 Å². The van der Waals surface area contributed by atoms with Gasteiger partial charge in [-0.25, -0.2) is 0 Å². The summed E-state index contributed by atoms with van der Waals surface area (Å²) in [6, 6.07) is 6.95. The SMILES string of the molecule is CCCCCCC(=O)Oc1ccccc1OC(=O)C(CCC)CCCCCC. The van der Waals surface area contributed by atoms with Crippen molar-refractivity contribution in [1.29, 1.82) is 0 Å². The number of ether oxygens (including phenoxy) is 2. The molecule has 1 aromatic carbocycles. The summed E-state index contributed by atoms with van der Waals surface area (Å²) in [6.45, 7) is 6.40. The fourth-order valence-electron chi connectivity index (χ4n) is 3.23. The van der Waals surface area contributed by atoms with Gasteiger partial charge in [-0.2, -0.15) is 0 Å². The van der Waals surface area contributed by atoms with Gasteiger partial charge in [0.05, 0.1) is 5.92 Å². The number of carbonyl (C=O) groups is 2. The van der Waals surface area contributed by atoms with Crippen LogP contribution >= 0.6 is 0 Å². The Hall–Kier alpha value is -1.84. The molecule has 0 fully saturated rings. The number of hydrogen-bond acceptors (Lipinski definition) is 4. The van der Waals surface area contributed by atoms with Gasteiger partial charge in [-0.15, -0.1) is 0 Å². The Morgan fingerprint density at radius 1 is 0.750 bits per heavy atom. The number of para-hydroxylation sites is 2. The molecule has 0 aromatic heterocycles. The van der Waals surface area contributed by atoms with Gasteiger partial charge in [-0.3, -0.25) is 9.59 Å². The second-order valence-corrected chi connectivity index (χ2v) is 7.49. The highest BCUT2D eigenvalue weighted by molar-refractivity contribution is 5.77. The lowest BCUT2D eigenvalue weighted by molar-refractivity contribution is -0.140. The summed E-state index contributed by atoms with van der Waals surface area (Å²) in [7, 11) is 0. The Balaban J connectivity index is 2.63. The molecule has 0 aliphatic heterocycles. The first kappa shape index (κ1) is 24.2. The summed E-state index contributed by atoms with van der Waals surface area (Å²) in [4.78, 5) is 24.8. The van der Waals surface area contributed by atoms with Crippen molar-refractivity contribution in [2.45, 2.75) is 97.8 Å². The quantitative estimate of drug-likeness (QED) is 0.187. The molecule has 158 valence electrons. The molecule has 0 radical (unpaired) electrons. The predicted octanol–water partition coefficient (Wildman–Crippen LogP) is 6.85. The Morgan fingerprint density at radius 2 is 1.36 bits per heavy atom. The van der Waals surface area contributed by atoms with Crippen LogP contribution in [-0.2, 0) is 9.59 Å². The molecule has 0 aliphatic carbocycles. The Labute approximate surface area is 171 Å². The lowest BCUT2D eigenvalue weighted by atomic mass is 9.96. The first-order valence-corrected chi connectivity index (χ1v) is 11.1. The molecule has 0 saturated carbocycles. The molecule has 0 heterocycles. The Kier molecular flexibility index (Phi) is 13.1. The number of rotatable bonds is 15. The van der Waals surface area contributed by atoms with Crippen LogP contribution in [0.1, 0.15) is 97.8 Å². The number of hydrogen-bond donors (Lipinski definition) is 0. The van der Waals surface area contributed by atoms with Crippen LogP contribution in [0.2, 0.25) is 0 Å². The van der Waals surface area contributed by atoms with E-state index in [9.17, 15) is 9.59 Å². The van der Waals surface area contributed by atoms with E-state index in [0.717, 1.165) is 57.8 Å². The third kappa shape index (κ3) is 9.91. The molecule has 0 bridgehead atoms. The summed E-state index contributed by atoms with van der Waals surface area (Å²) in [5.74, 6) is 0.0790. The molecule has 28 heavy (non-hydrogen) atoms. The second-order valence-electron chi connectivity index (χ2n) is 7.49. The van der Waals surface area contributed by atoms with Crippen LogP contribution in [0.15, 0.2) is 24.3 Å². The number of esters is 2. The van der Waals surface area contributed by atoms with Gasteiger partial charge in [0.2, 0.25) is 0 Å². The van der Waals surface area contributed by atoms with Gasteiger partial charge < -0.3 is 9.47 Å². The maximum Gasteiger partial charge on any atom is 0.314 e. The standard InChI is InChI=1S/C24H38O4/c1-4-7-9-11-16-20(15-6-3)24(26)28-22-18-14-13-17-21(22)27-23(25)19-12-10-8-5-2/h13-14,17-18,20H,4-12,15-16,19H2,1-3H3. The van der Waals surface area contributed by atoms with Gasteiger partial charge in [0, 0.05) is 6.42 Å². The number of carbonyl (C=O) groups excluding carboxylic acids is 2. The first-order valence-electron chi connectivity index (χ1n) is 11.1. The van der Waals surface area contributed by atoms with E-state index >= 15 is 0 Å². The monoisotopic (exact) mass is 390 g/mol. The molecule has 0 saturated heterocycles. The maximum absolute atomic E-state index is 12.7. The summed E-state index contributed by atoms with van der Waals surface area (Å²) in [5, 5.41) is 0. The zero-order valence-electron chi connectivity index (χ0n) is 18.0. The van der Waals surface area contributed by atoms with Crippen LogP contribution in [0, 0.1) is 5.92 Å². The van der Waals surface area contributed by atoms with Crippen LogP contribution < -0.4 is 9.47 Å². The minimum atomic E-state index is -0.274. The van der Waals surface area contributed by atoms with Crippen LogP contribution in [0.4, 0.5) is 0 Å². The van der Waals surface area contributed by atoms with Crippen molar-refractivity contribution in [3.63, 3.8) is 0 Å². The lowest BCUT2D eigenvalue weighted by Gasteiger charge is -2.16. The third-order valence-electron chi connectivity index (χ3n) is 4.89. The summed E-state index contributed by atoms with van der Waals surface area (Å²) < 4.78 is 11.1. The molecule has 0 N–H and O–H groups in total. The Bertz CT molecular complexity index is 567. The molecule has 4 nitrogen and oxygen atoms in total. The van der Waals surface area contributed by atoms with Gasteiger partial charge in [0.15, 0.2) is 11.5 Å². The minimum absolute atomic E-state index is 0.0975. The fourth-order valence-corrected chi connectivity index (χ4v) is 3.23. The van der Waals surface area contributed by atoms with Gasteiger partial charge in [-0.1, -0.05) is 84.3 Å². The van der Waals surface area contributed by atoms with Crippen LogP contribution in [-0.4, -0.2) is 11.9 Å². The van der Waals surface area contributed by atoms with E-state index in [1.165, 1.54) is 12.8 Å². The van der Waals surface area contributed by atoms with Gasteiger partial charge in [0.1, 0.15) is 0 Å². The van der Waals surface area contributed by atoms with Crippen LogP contribution in [0.5, 0.6) is 11.5 Å². The van der Waals surface area contributed by atoms with Crippen LogP contribution in [0.3, 0.4) is 0 Å². The lowest BCUT2D eigenvalue weighted by Crippen LogP contribution is -2.21. The number of unbranched alkanes of at least 4 members (excludes halogenated alkanes) is 6. The third-order valence-corrected chi connectivity index (χ3v) is 4.89. The van der Waals surface area contributed by atoms with Crippen molar-refractivity contribution in [3.8, 4) is 11.5 Å². The van der Waals surface area contributed by atoms with E-state index < -0.39 is 0 Å². The van der Waals surface area contributed by atoms with Crippen molar-refractivity contribution in [1.82, 2.24) is 0 Å².